The molecule has 0 saturated carbocycles. The zero-order valence-electron chi connectivity index (χ0n) is 9.81. The number of nitrogens with one attached hydrogen (secondary N) is 1. The molecule has 1 unspecified atom stereocenters. The zero-order chi connectivity index (χ0) is 13.8. The van der Waals surface area contributed by atoms with Crippen LogP contribution in [0.2, 0.25) is 5.02 Å². The van der Waals surface area contributed by atoms with E-state index in [-0.39, 0.29) is 16.7 Å². The highest BCUT2D eigenvalue weighted by Gasteiger charge is 2.17. The van der Waals surface area contributed by atoms with E-state index in [9.17, 15) is 9.90 Å². The van der Waals surface area contributed by atoms with Crippen molar-refractivity contribution in [3.8, 4) is 5.75 Å². The van der Waals surface area contributed by atoms with Crippen molar-refractivity contribution in [1.29, 1.82) is 0 Å². The van der Waals surface area contributed by atoms with E-state index < -0.39 is 5.38 Å². The Balaban J connectivity index is 2.10. The van der Waals surface area contributed by atoms with E-state index in [2.05, 4.69) is 5.32 Å². The molecule has 0 heterocycles. The molecule has 1 atom stereocenters. The molecule has 19 heavy (non-hydrogen) atoms. The molecule has 0 saturated heterocycles. The summed E-state index contributed by atoms with van der Waals surface area (Å²) in [5.41, 5.74) is 1.20. The normalized spacial score (nSPS) is 11.9. The number of phenolic OH excluding ortho intramolecular Hbond substituents is 1. The van der Waals surface area contributed by atoms with Gasteiger partial charge in [0.1, 0.15) is 11.1 Å². The number of halogens is 2. The quantitative estimate of drug-likeness (QED) is 0.665. The number of hydrogen-bond donors (Lipinski definition) is 2. The third kappa shape index (κ3) is 3.40. The van der Waals surface area contributed by atoms with Gasteiger partial charge in [-0.1, -0.05) is 41.9 Å². The summed E-state index contributed by atoms with van der Waals surface area (Å²) < 4.78 is 0. The van der Waals surface area contributed by atoms with Crippen molar-refractivity contribution in [2.24, 2.45) is 0 Å². The number of anilines is 1. The Labute approximate surface area is 120 Å². The van der Waals surface area contributed by atoms with Crippen LogP contribution in [-0.4, -0.2) is 11.0 Å². The van der Waals surface area contributed by atoms with Gasteiger partial charge < -0.3 is 10.4 Å². The highest BCUT2D eigenvalue weighted by Crippen LogP contribution is 2.27. The zero-order valence-corrected chi connectivity index (χ0v) is 11.3. The molecule has 5 heteroatoms. The number of alkyl halides is 1. The van der Waals surface area contributed by atoms with Crippen molar-refractivity contribution >= 4 is 34.8 Å². The van der Waals surface area contributed by atoms with Crippen molar-refractivity contribution in [3.63, 3.8) is 0 Å². The molecule has 0 aliphatic heterocycles. The Kier molecular flexibility index (Phi) is 4.30. The smallest absolute Gasteiger partial charge is 0.246 e. The first-order valence-corrected chi connectivity index (χ1v) is 6.38. The van der Waals surface area contributed by atoms with Crippen LogP contribution in [0.5, 0.6) is 5.75 Å². The second-order valence-corrected chi connectivity index (χ2v) is 4.77. The number of carbonyl (C=O) groups is 1. The monoisotopic (exact) mass is 295 g/mol. The summed E-state index contributed by atoms with van der Waals surface area (Å²) >= 11 is 11.8. The first kappa shape index (κ1) is 13.7. The number of carbonyl (C=O) groups excluding carboxylic acids is 1. The van der Waals surface area contributed by atoms with E-state index in [0.29, 0.717) is 11.3 Å². The maximum absolute atomic E-state index is 12.0. The minimum atomic E-state index is -0.784. The first-order chi connectivity index (χ1) is 9.08. The highest BCUT2D eigenvalue weighted by atomic mass is 35.5. The van der Waals surface area contributed by atoms with Gasteiger partial charge in [0.05, 0.1) is 5.02 Å². The fraction of sp³-hybridized carbons (Fsp3) is 0.0714. The van der Waals surface area contributed by atoms with Gasteiger partial charge in [-0.3, -0.25) is 4.79 Å². The van der Waals surface area contributed by atoms with Crippen LogP contribution in [0.4, 0.5) is 5.69 Å². The molecule has 0 bridgehead atoms. The van der Waals surface area contributed by atoms with E-state index in [0.717, 1.165) is 0 Å². The third-order valence-corrected chi connectivity index (χ3v) is 3.29. The number of benzene rings is 2. The van der Waals surface area contributed by atoms with Gasteiger partial charge in [0.15, 0.2) is 0 Å². The molecule has 1 amide bonds. The van der Waals surface area contributed by atoms with Crippen LogP contribution in [0.25, 0.3) is 0 Å². The van der Waals surface area contributed by atoms with Gasteiger partial charge in [-0.25, -0.2) is 0 Å². The maximum atomic E-state index is 12.0. The number of amides is 1. The van der Waals surface area contributed by atoms with Crippen LogP contribution >= 0.6 is 23.2 Å². The molecule has 0 aliphatic carbocycles. The Morgan fingerprint density at radius 3 is 2.47 bits per heavy atom. The topological polar surface area (TPSA) is 49.3 Å². The molecule has 0 spiro atoms. The molecule has 2 N–H and O–H groups in total. The lowest BCUT2D eigenvalue weighted by molar-refractivity contribution is -0.116. The lowest BCUT2D eigenvalue weighted by Gasteiger charge is -2.11. The maximum Gasteiger partial charge on any atom is 0.246 e. The van der Waals surface area contributed by atoms with Gasteiger partial charge in [-0.2, -0.15) is 0 Å². The molecule has 3 nitrogen and oxygen atoms in total. The van der Waals surface area contributed by atoms with Crippen molar-refractivity contribution in [1.82, 2.24) is 0 Å². The van der Waals surface area contributed by atoms with Gasteiger partial charge in [0, 0.05) is 5.69 Å². The Morgan fingerprint density at radius 1 is 1.16 bits per heavy atom. The van der Waals surface area contributed by atoms with Gasteiger partial charge in [-0.15, -0.1) is 11.6 Å². The third-order valence-electron chi connectivity index (χ3n) is 2.54. The van der Waals surface area contributed by atoms with E-state index in [1.165, 1.54) is 12.1 Å². The Hall–Kier alpha value is -1.71. The Morgan fingerprint density at radius 2 is 1.84 bits per heavy atom. The second kappa shape index (κ2) is 5.95. The fourth-order valence-electron chi connectivity index (χ4n) is 1.56. The average molecular weight is 296 g/mol. The number of rotatable bonds is 3. The molecule has 0 aromatic heterocycles. The van der Waals surface area contributed by atoms with E-state index in [4.69, 9.17) is 23.2 Å². The summed E-state index contributed by atoms with van der Waals surface area (Å²) in [6.07, 6.45) is 0. The van der Waals surface area contributed by atoms with E-state index in [1.807, 2.05) is 18.2 Å². The van der Waals surface area contributed by atoms with Crippen LogP contribution in [0, 0.1) is 0 Å². The van der Waals surface area contributed by atoms with Crippen molar-refractivity contribution in [2.45, 2.75) is 5.38 Å². The van der Waals surface area contributed by atoms with Crippen LogP contribution < -0.4 is 5.32 Å². The van der Waals surface area contributed by atoms with Crippen LogP contribution in [0.3, 0.4) is 0 Å². The van der Waals surface area contributed by atoms with Crippen molar-refractivity contribution < 1.29 is 9.90 Å². The van der Waals surface area contributed by atoms with Gasteiger partial charge in [-0.05, 0) is 23.8 Å². The predicted octanol–water partition coefficient (Wildman–Crippen LogP) is 3.96. The molecule has 2 aromatic carbocycles. The minimum absolute atomic E-state index is 0.0369. The largest absolute Gasteiger partial charge is 0.506 e. The fourth-order valence-corrected chi connectivity index (χ4v) is 1.94. The molecule has 98 valence electrons. The molecule has 0 radical (unpaired) electrons. The summed E-state index contributed by atoms with van der Waals surface area (Å²) in [6, 6.07) is 13.5. The highest BCUT2D eigenvalue weighted by molar-refractivity contribution is 6.33. The van der Waals surface area contributed by atoms with Crippen LogP contribution in [-0.2, 0) is 4.79 Å². The minimum Gasteiger partial charge on any atom is -0.506 e. The summed E-state index contributed by atoms with van der Waals surface area (Å²) in [6.45, 7) is 0. The first-order valence-electron chi connectivity index (χ1n) is 5.56. The lowest BCUT2D eigenvalue weighted by Crippen LogP contribution is -2.17. The second-order valence-electron chi connectivity index (χ2n) is 3.93. The molecule has 2 rings (SSSR count). The number of aromatic hydroxyl groups is 1. The molecule has 2 aromatic rings. The van der Waals surface area contributed by atoms with Gasteiger partial charge >= 0.3 is 0 Å². The van der Waals surface area contributed by atoms with Crippen LogP contribution in [0.15, 0.2) is 48.5 Å². The predicted molar refractivity (Wildman–Crippen MR) is 76.8 cm³/mol. The summed E-state index contributed by atoms with van der Waals surface area (Å²) in [4.78, 5) is 12.0. The summed E-state index contributed by atoms with van der Waals surface area (Å²) in [5, 5.41) is 11.3. The summed E-state index contributed by atoms with van der Waals surface area (Å²) in [7, 11) is 0. The number of phenols is 1. The Bertz CT molecular complexity index is 587. The van der Waals surface area contributed by atoms with Crippen LogP contribution in [0.1, 0.15) is 10.9 Å². The standard InChI is InChI=1S/C14H11Cl2NO2/c15-11-8-10(6-7-12(11)18)17-14(19)13(16)9-4-2-1-3-5-9/h1-8,13,18H,(H,17,19). The number of hydrogen-bond acceptors (Lipinski definition) is 2. The van der Waals surface area contributed by atoms with Crippen molar-refractivity contribution in [3.05, 3.63) is 59.1 Å². The molecule has 0 aliphatic rings. The summed E-state index contributed by atoms with van der Waals surface area (Å²) in [5.74, 6) is -0.389. The lowest BCUT2D eigenvalue weighted by atomic mass is 10.1. The van der Waals surface area contributed by atoms with Gasteiger partial charge in [0.2, 0.25) is 5.91 Å². The SMILES string of the molecule is O=C(Nc1ccc(O)c(Cl)c1)C(Cl)c1ccccc1. The molecular weight excluding hydrogens is 285 g/mol. The average Bonchev–Trinajstić information content (AvgIpc) is 2.43. The van der Waals surface area contributed by atoms with Gasteiger partial charge in [0.25, 0.3) is 0 Å². The van der Waals surface area contributed by atoms with Crippen molar-refractivity contribution in [2.75, 3.05) is 5.32 Å². The molecule has 0 fully saturated rings. The van der Waals surface area contributed by atoms with E-state index >= 15 is 0 Å². The molecular formula is C14H11Cl2NO2. The van der Waals surface area contributed by atoms with E-state index in [1.54, 1.807) is 18.2 Å².